The van der Waals surface area contributed by atoms with Crippen LogP contribution in [-0.4, -0.2) is 24.1 Å². The molecule has 1 aliphatic rings. The van der Waals surface area contributed by atoms with E-state index in [1.165, 1.54) is 6.92 Å². The lowest BCUT2D eigenvalue weighted by Gasteiger charge is -2.37. The molecular weight excluding hydrogens is 378 g/mol. The summed E-state index contributed by atoms with van der Waals surface area (Å²) in [6, 6.07) is 0.698. The van der Waals surface area contributed by atoms with Gasteiger partial charge in [0.15, 0.2) is 0 Å². The van der Waals surface area contributed by atoms with Crippen LogP contribution < -0.4 is 11.1 Å². The maximum Gasteiger partial charge on any atom is 0.416 e. The SMILES string of the molecule is C[C@@H](OC[C@@]1(C)CCC(N)C(=O)N1)c1cc(C(F)(F)F)cc(C(F)(F)F)c1. The fourth-order valence-electron chi connectivity index (χ4n) is 2.78. The van der Waals surface area contributed by atoms with E-state index >= 15 is 0 Å². The van der Waals surface area contributed by atoms with Crippen LogP contribution in [0.2, 0.25) is 0 Å². The van der Waals surface area contributed by atoms with Gasteiger partial charge in [-0.2, -0.15) is 26.3 Å². The zero-order chi connectivity index (χ0) is 20.6. The molecule has 1 aliphatic heterocycles. The van der Waals surface area contributed by atoms with Crippen LogP contribution in [0.1, 0.15) is 49.5 Å². The van der Waals surface area contributed by atoms with Crippen molar-refractivity contribution in [2.45, 2.75) is 56.7 Å². The molecule has 10 heteroatoms. The van der Waals surface area contributed by atoms with Gasteiger partial charge in [-0.1, -0.05) is 0 Å². The van der Waals surface area contributed by atoms with Gasteiger partial charge in [0.25, 0.3) is 0 Å². The summed E-state index contributed by atoms with van der Waals surface area (Å²) in [4.78, 5) is 11.7. The average molecular weight is 398 g/mol. The molecule has 1 heterocycles. The molecule has 2 rings (SSSR count). The number of hydrogen-bond acceptors (Lipinski definition) is 3. The highest BCUT2D eigenvalue weighted by molar-refractivity contribution is 5.83. The van der Waals surface area contributed by atoms with Gasteiger partial charge in [-0.25, -0.2) is 0 Å². The maximum absolute atomic E-state index is 12.9. The Bertz CT molecular complexity index is 671. The number of amides is 1. The zero-order valence-corrected chi connectivity index (χ0v) is 14.7. The number of alkyl halides is 6. The molecule has 3 N–H and O–H groups in total. The van der Waals surface area contributed by atoms with Crippen molar-refractivity contribution in [1.82, 2.24) is 5.32 Å². The molecular formula is C17H20F6N2O2. The summed E-state index contributed by atoms with van der Waals surface area (Å²) in [6.07, 6.45) is -10.0. The molecule has 0 aliphatic carbocycles. The molecule has 152 valence electrons. The fourth-order valence-corrected chi connectivity index (χ4v) is 2.78. The lowest BCUT2D eigenvalue weighted by atomic mass is 9.89. The first-order chi connectivity index (χ1) is 12.2. The Balaban J connectivity index is 2.20. The van der Waals surface area contributed by atoms with E-state index in [9.17, 15) is 31.1 Å². The van der Waals surface area contributed by atoms with Gasteiger partial charge < -0.3 is 15.8 Å². The lowest BCUT2D eigenvalue weighted by Crippen LogP contribution is -2.59. The quantitative estimate of drug-likeness (QED) is 0.759. The van der Waals surface area contributed by atoms with E-state index in [2.05, 4.69) is 5.32 Å². The van der Waals surface area contributed by atoms with Crippen LogP contribution in [0.3, 0.4) is 0 Å². The second-order valence-corrected chi connectivity index (χ2v) is 6.99. The molecule has 1 saturated heterocycles. The molecule has 0 saturated carbocycles. The molecule has 0 spiro atoms. The number of piperidine rings is 1. The van der Waals surface area contributed by atoms with Crippen molar-refractivity contribution in [1.29, 1.82) is 0 Å². The van der Waals surface area contributed by atoms with E-state index in [4.69, 9.17) is 10.5 Å². The van der Waals surface area contributed by atoms with Crippen molar-refractivity contribution >= 4 is 5.91 Å². The minimum absolute atomic E-state index is 0.0697. The van der Waals surface area contributed by atoms with Crippen molar-refractivity contribution in [2.75, 3.05) is 6.61 Å². The van der Waals surface area contributed by atoms with Crippen molar-refractivity contribution in [2.24, 2.45) is 5.73 Å². The number of benzene rings is 1. The van der Waals surface area contributed by atoms with E-state index in [1.807, 2.05) is 0 Å². The van der Waals surface area contributed by atoms with Crippen molar-refractivity contribution in [3.63, 3.8) is 0 Å². The van der Waals surface area contributed by atoms with E-state index in [1.54, 1.807) is 6.92 Å². The lowest BCUT2D eigenvalue weighted by molar-refractivity contribution is -0.143. The van der Waals surface area contributed by atoms with Gasteiger partial charge in [0.2, 0.25) is 5.91 Å². The second-order valence-electron chi connectivity index (χ2n) is 6.99. The summed E-state index contributed by atoms with van der Waals surface area (Å²) in [5, 5.41) is 2.67. The Kier molecular flexibility index (Phi) is 5.82. The number of nitrogens with one attached hydrogen (secondary N) is 1. The summed E-state index contributed by atoms with van der Waals surface area (Å²) in [5.74, 6) is -0.376. The molecule has 0 radical (unpaired) electrons. The Labute approximate surface area is 152 Å². The predicted octanol–water partition coefficient (Wildman–Crippen LogP) is 3.80. The first-order valence-electron chi connectivity index (χ1n) is 8.20. The number of nitrogens with two attached hydrogens (primary N) is 1. The number of ether oxygens (including phenoxy) is 1. The van der Waals surface area contributed by atoms with Crippen molar-refractivity contribution in [3.8, 4) is 0 Å². The number of carbonyl (C=O) groups excluding carboxylic acids is 1. The smallest absolute Gasteiger partial charge is 0.371 e. The Morgan fingerprint density at radius 1 is 1.19 bits per heavy atom. The fraction of sp³-hybridized carbons (Fsp3) is 0.588. The van der Waals surface area contributed by atoms with E-state index in [-0.39, 0.29) is 24.1 Å². The van der Waals surface area contributed by atoms with Gasteiger partial charge >= 0.3 is 12.4 Å². The summed E-state index contributed by atoms with van der Waals surface area (Å²) in [6.45, 7) is 2.95. The summed E-state index contributed by atoms with van der Waals surface area (Å²) >= 11 is 0. The molecule has 1 amide bonds. The summed E-state index contributed by atoms with van der Waals surface area (Å²) in [7, 11) is 0. The van der Waals surface area contributed by atoms with Gasteiger partial charge in [0.05, 0.1) is 35.4 Å². The third-order valence-electron chi connectivity index (χ3n) is 4.50. The van der Waals surface area contributed by atoms with Gasteiger partial charge in [-0.3, -0.25) is 4.79 Å². The molecule has 4 nitrogen and oxygen atoms in total. The van der Waals surface area contributed by atoms with Crippen LogP contribution in [-0.2, 0) is 21.9 Å². The zero-order valence-electron chi connectivity index (χ0n) is 14.7. The van der Waals surface area contributed by atoms with E-state index in [0.717, 1.165) is 0 Å². The molecule has 0 aromatic heterocycles. The van der Waals surface area contributed by atoms with Crippen LogP contribution in [0, 0.1) is 0 Å². The summed E-state index contributed by atoms with van der Waals surface area (Å²) < 4.78 is 83.2. The van der Waals surface area contributed by atoms with Crippen molar-refractivity contribution < 1.29 is 35.9 Å². The van der Waals surface area contributed by atoms with Crippen LogP contribution in [0.5, 0.6) is 0 Å². The maximum atomic E-state index is 12.9. The third-order valence-corrected chi connectivity index (χ3v) is 4.50. The molecule has 1 aromatic carbocycles. The number of hydrogen-bond donors (Lipinski definition) is 2. The van der Waals surface area contributed by atoms with Crippen LogP contribution >= 0.6 is 0 Å². The minimum atomic E-state index is -4.92. The molecule has 3 atom stereocenters. The third kappa shape index (κ3) is 5.35. The highest BCUT2D eigenvalue weighted by Gasteiger charge is 2.38. The van der Waals surface area contributed by atoms with Gasteiger partial charge in [-0.05, 0) is 50.5 Å². The largest absolute Gasteiger partial charge is 0.416 e. The summed E-state index contributed by atoms with van der Waals surface area (Å²) in [5.41, 5.74) is 1.75. The normalized spacial score (nSPS) is 25.2. The first-order valence-corrected chi connectivity index (χ1v) is 8.20. The highest BCUT2D eigenvalue weighted by atomic mass is 19.4. The Hall–Kier alpha value is -1.81. The Morgan fingerprint density at radius 3 is 2.15 bits per heavy atom. The second kappa shape index (κ2) is 7.31. The first kappa shape index (κ1) is 21.5. The average Bonchev–Trinajstić information content (AvgIpc) is 2.54. The van der Waals surface area contributed by atoms with E-state index in [0.29, 0.717) is 25.0 Å². The van der Waals surface area contributed by atoms with Gasteiger partial charge in [0.1, 0.15) is 0 Å². The molecule has 1 unspecified atom stereocenters. The monoisotopic (exact) mass is 398 g/mol. The van der Waals surface area contributed by atoms with E-state index < -0.39 is 41.2 Å². The molecule has 1 fully saturated rings. The van der Waals surface area contributed by atoms with Crippen LogP contribution in [0.25, 0.3) is 0 Å². The standard InChI is InChI=1S/C17H20F6N2O2/c1-9(27-8-15(2)4-3-13(24)14(26)25-15)10-5-11(16(18,19)20)7-12(6-10)17(21,22)23/h5-7,9,13H,3-4,8,24H2,1-2H3,(H,25,26)/t9-,13?,15-/m1/s1. The Morgan fingerprint density at radius 2 is 1.70 bits per heavy atom. The number of halogens is 6. The minimum Gasteiger partial charge on any atom is -0.371 e. The van der Waals surface area contributed by atoms with Crippen LogP contribution in [0.4, 0.5) is 26.3 Å². The van der Waals surface area contributed by atoms with Gasteiger partial charge in [0, 0.05) is 0 Å². The molecule has 27 heavy (non-hydrogen) atoms. The predicted molar refractivity (Wildman–Crippen MR) is 84.6 cm³/mol. The number of rotatable bonds is 4. The van der Waals surface area contributed by atoms with Crippen molar-refractivity contribution in [3.05, 3.63) is 34.9 Å². The van der Waals surface area contributed by atoms with Gasteiger partial charge in [-0.15, -0.1) is 0 Å². The topological polar surface area (TPSA) is 64.3 Å². The van der Waals surface area contributed by atoms with Crippen LogP contribution in [0.15, 0.2) is 18.2 Å². The number of carbonyl (C=O) groups is 1. The molecule has 1 aromatic rings. The highest BCUT2D eigenvalue weighted by Crippen LogP contribution is 2.38. The molecule has 0 bridgehead atoms.